The van der Waals surface area contributed by atoms with Gasteiger partial charge in [-0.3, -0.25) is 4.79 Å². The molecule has 2 aromatic rings. The van der Waals surface area contributed by atoms with Crippen molar-refractivity contribution in [3.05, 3.63) is 17.3 Å². The number of Topliss-reactive ketones (excluding diaryl/α,β-unsaturated/α-hetero) is 1. The van der Waals surface area contributed by atoms with Gasteiger partial charge in [0.15, 0.2) is 5.82 Å². The van der Waals surface area contributed by atoms with Crippen molar-refractivity contribution in [2.24, 2.45) is 0 Å². The Balaban J connectivity index is 2.40. The van der Waals surface area contributed by atoms with Crippen molar-refractivity contribution in [2.45, 2.75) is 6.42 Å². The molecule has 0 atom stereocenters. The number of aromatic nitrogens is 2. The Morgan fingerprint density at radius 1 is 1.77 bits per heavy atom. The van der Waals surface area contributed by atoms with E-state index >= 15 is 0 Å². The molecule has 2 aromatic heterocycles. The largest absolute Gasteiger partial charge is 0.335 e. The maximum Gasteiger partial charge on any atom is 0.212 e. The van der Waals surface area contributed by atoms with E-state index in [2.05, 4.69) is 9.97 Å². The van der Waals surface area contributed by atoms with Crippen LogP contribution in [0.5, 0.6) is 0 Å². The topological polar surface area (TPSA) is 69.5 Å². The van der Waals surface area contributed by atoms with Gasteiger partial charge >= 0.3 is 0 Å². The number of carbonyl (C=O) groups is 1. The molecular formula is C8H5N3OS. The summed E-state index contributed by atoms with van der Waals surface area (Å²) in [5.74, 6) is 0.0225. The summed E-state index contributed by atoms with van der Waals surface area (Å²) in [6.07, 6.45) is -0.124. The van der Waals surface area contributed by atoms with E-state index in [1.165, 1.54) is 11.3 Å². The molecule has 0 unspecified atom stereocenters. The van der Waals surface area contributed by atoms with Gasteiger partial charge in [0.25, 0.3) is 0 Å². The monoisotopic (exact) mass is 191 g/mol. The fourth-order valence-electron chi connectivity index (χ4n) is 1.03. The molecule has 0 bridgehead atoms. The second kappa shape index (κ2) is 2.99. The molecule has 4 nitrogen and oxygen atoms in total. The molecule has 13 heavy (non-hydrogen) atoms. The van der Waals surface area contributed by atoms with Crippen LogP contribution in [0.4, 0.5) is 0 Å². The quantitative estimate of drug-likeness (QED) is 0.735. The van der Waals surface area contributed by atoms with Crippen molar-refractivity contribution in [1.82, 2.24) is 9.97 Å². The maximum absolute atomic E-state index is 11.2. The third kappa shape index (κ3) is 1.32. The van der Waals surface area contributed by atoms with Crippen molar-refractivity contribution in [2.75, 3.05) is 0 Å². The minimum Gasteiger partial charge on any atom is -0.335 e. The van der Waals surface area contributed by atoms with Crippen molar-refractivity contribution < 1.29 is 4.79 Å². The molecule has 0 radical (unpaired) electrons. The standard InChI is InChI=1S/C8H5N3OS/c9-3-1-6(12)7-10-5-2-4-13-8(5)11-7/h2,4H,1H2,(H,10,11). The predicted octanol–water partition coefficient (Wildman–Crippen LogP) is 1.72. The second-order valence-electron chi connectivity index (χ2n) is 2.48. The molecule has 0 spiro atoms. The highest BCUT2D eigenvalue weighted by molar-refractivity contribution is 7.16. The van der Waals surface area contributed by atoms with Crippen LogP contribution in [-0.2, 0) is 0 Å². The third-order valence-corrected chi connectivity index (χ3v) is 2.42. The van der Waals surface area contributed by atoms with Crippen LogP contribution in [0.2, 0.25) is 0 Å². The lowest BCUT2D eigenvalue weighted by atomic mass is 10.3. The smallest absolute Gasteiger partial charge is 0.212 e. The number of nitriles is 1. The van der Waals surface area contributed by atoms with Gasteiger partial charge in [-0.15, -0.1) is 11.3 Å². The molecule has 0 saturated carbocycles. The van der Waals surface area contributed by atoms with E-state index in [0.29, 0.717) is 0 Å². The molecule has 0 fully saturated rings. The van der Waals surface area contributed by atoms with E-state index in [-0.39, 0.29) is 18.0 Å². The van der Waals surface area contributed by atoms with Crippen molar-refractivity contribution >= 4 is 27.5 Å². The van der Waals surface area contributed by atoms with Crippen LogP contribution in [0.3, 0.4) is 0 Å². The molecule has 0 aliphatic heterocycles. The van der Waals surface area contributed by atoms with E-state index in [0.717, 1.165) is 10.3 Å². The average Bonchev–Trinajstić information content (AvgIpc) is 2.61. The van der Waals surface area contributed by atoms with Gasteiger partial charge in [0, 0.05) is 0 Å². The zero-order chi connectivity index (χ0) is 9.26. The molecule has 0 amide bonds. The summed E-state index contributed by atoms with van der Waals surface area (Å²) >= 11 is 1.47. The Morgan fingerprint density at radius 3 is 3.31 bits per heavy atom. The van der Waals surface area contributed by atoms with Crippen molar-refractivity contribution in [1.29, 1.82) is 5.26 Å². The van der Waals surface area contributed by atoms with Crippen LogP contribution in [0.15, 0.2) is 11.4 Å². The predicted molar refractivity (Wildman–Crippen MR) is 48.5 cm³/mol. The normalized spacial score (nSPS) is 10.1. The Kier molecular flexibility index (Phi) is 1.83. The first-order chi connectivity index (χ1) is 6.31. The number of H-pyrrole nitrogens is 1. The molecule has 0 saturated heterocycles. The number of rotatable bonds is 2. The van der Waals surface area contributed by atoms with Crippen LogP contribution in [-0.4, -0.2) is 15.8 Å². The minimum atomic E-state index is -0.258. The van der Waals surface area contributed by atoms with E-state index in [1.807, 2.05) is 11.4 Å². The summed E-state index contributed by atoms with van der Waals surface area (Å²) in [4.78, 5) is 18.9. The van der Waals surface area contributed by atoms with E-state index in [1.54, 1.807) is 6.07 Å². The van der Waals surface area contributed by atoms with Gasteiger partial charge in [0.05, 0.1) is 11.6 Å². The molecule has 2 heterocycles. The number of fused-ring (bicyclic) bond motifs is 1. The van der Waals surface area contributed by atoms with Crippen molar-refractivity contribution in [3.63, 3.8) is 0 Å². The van der Waals surface area contributed by atoms with Gasteiger partial charge in [-0.2, -0.15) is 5.26 Å². The second-order valence-corrected chi connectivity index (χ2v) is 3.38. The Labute approximate surface area is 77.8 Å². The number of thiophene rings is 1. The number of imidazole rings is 1. The molecule has 0 aromatic carbocycles. The van der Waals surface area contributed by atoms with Crippen LogP contribution in [0, 0.1) is 11.3 Å². The van der Waals surface area contributed by atoms with Gasteiger partial charge < -0.3 is 4.98 Å². The number of nitrogens with one attached hydrogen (secondary N) is 1. The summed E-state index contributed by atoms with van der Waals surface area (Å²) in [5.41, 5.74) is 0.853. The Hall–Kier alpha value is -1.67. The van der Waals surface area contributed by atoms with Gasteiger partial charge in [0.1, 0.15) is 11.3 Å². The first kappa shape index (κ1) is 7.95. The third-order valence-electron chi connectivity index (χ3n) is 1.61. The number of aromatic amines is 1. The number of hydrogen-bond acceptors (Lipinski definition) is 4. The number of carbonyl (C=O) groups excluding carboxylic acids is 1. The number of ketones is 1. The van der Waals surface area contributed by atoms with Crippen molar-refractivity contribution in [3.8, 4) is 6.07 Å². The number of nitrogens with zero attached hydrogens (tertiary/aromatic N) is 2. The highest BCUT2D eigenvalue weighted by atomic mass is 32.1. The average molecular weight is 191 g/mol. The Morgan fingerprint density at radius 2 is 2.62 bits per heavy atom. The Bertz CT molecular complexity index is 462. The van der Waals surface area contributed by atoms with E-state index < -0.39 is 0 Å². The molecule has 64 valence electrons. The summed E-state index contributed by atoms with van der Waals surface area (Å²) in [7, 11) is 0. The lowest BCUT2D eigenvalue weighted by molar-refractivity contribution is 0.0989. The van der Waals surface area contributed by atoms with Gasteiger partial charge in [0.2, 0.25) is 5.78 Å². The van der Waals surface area contributed by atoms with E-state index in [4.69, 9.17) is 5.26 Å². The SMILES string of the molecule is N#CCC(=O)c1nc2sccc2[nH]1. The minimum absolute atomic E-state index is 0.124. The first-order valence-electron chi connectivity index (χ1n) is 3.64. The number of hydrogen-bond donors (Lipinski definition) is 1. The highest BCUT2D eigenvalue weighted by Crippen LogP contribution is 2.17. The zero-order valence-electron chi connectivity index (χ0n) is 6.57. The van der Waals surface area contributed by atoms with E-state index in [9.17, 15) is 4.79 Å². The molecule has 1 N–H and O–H groups in total. The first-order valence-corrected chi connectivity index (χ1v) is 4.52. The van der Waals surface area contributed by atoms with Crippen LogP contribution >= 0.6 is 11.3 Å². The van der Waals surface area contributed by atoms with Gasteiger partial charge in [-0.1, -0.05) is 0 Å². The molecule has 0 aliphatic carbocycles. The molecule has 2 rings (SSSR count). The zero-order valence-corrected chi connectivity index (χ0v) is 7.39. The lowest BCUT2D eigenvalue weighted by Gasteiger charge is -1.85. The fraction of sp³-hybridized carbons (Fsp3) is 0.125. The highest BCUT2D eigenvalue weighted by Gasteiger charge is 2.10. The molecule has 0 aliphatic rings. The summed E-state index contributed by atoms with van der Waals surface area (Å²) < 4.78 is 0. The summed E-state index contributed by atoms with van der Waals surface area (Å²) in [5, 5.41) is 10.2. The molecule has 5 heteroatoms. The summed E-state index contributed by atoms with van der Waals surface area (Å²) in [6.45, 7) is 0. The van der Waals surface area contributed by atoms with Gasteiger partial charge in [-0.25, -0.2) is 4.98 Å². The lowest BCUT2D eigenvalue weighted by Crippen LogP contribution is -1.99. The van der Waals surface area contributed by atoms with Crippen LogP contribution in [0.1, 0.15) is 17.0 Å². The maximum atomic E-state index is 11.2. The fourth-order valence-corrected chi connectivity index (χ4v) is 1.75. The molecular weight excluding hydrogens is 186 g/mol. The van der Waals surface area contributed by atoms with Gasteiger partial charge in [-0.05, 0) is 11.4 Å². The summed E-state index contributed by atoms with van der Waals surface area (Å²) in [6, 6.07) is 3.65. The van der Waals surface area contributed by atoms with Crippen LogP contribution < -0.4 is 0 Å². The van der Waals surface area contributed by atoms with Crippen LogP contribution in [0.25, 0.3) is 10.3 Å².